The van der Waals surface area contributed by atoms with Crippen LogP contribution in [-0.4, -0.2) is 16.1 Å². The summed E-state index contributed by atoms with van der Waals surface area (Å²) < 4.78 is 0. The minimum atomic E-state index is -0.499. The number of pyridine rings is 1. The minimum absolute atomic E-state index is 0.0246. The van der Waals surface area contributed by atoms with Crippen LogP contribution in [0.3, 0.4) is 0 Å². The van der Waals surface area contributed by atoms with Crippen molar-refractivity contribution >= 4 is 35.0 Å². The summed E-state index contributed by atoms with van der Waals surface area (Å²) in [6, 6.07) is 29.5. The van der Waals surface area contributed by atoms with Crippen LogP contribution in [0.5, 0.6) is 0 Å². The van der Waals surface area contributed by atoms with Gasteiger partial charge in [0.1, 0.15) is 11.1 Å². The van der Waals surface area contributed by atoms with Gasteiger partial charge in [-0.05, 0) is 47.7 Å². The Hall–Kier alpha value is -3.59. The first-order valence-corrected chi connectivity index (χ1v) is 13.3. The van der Waals surface area contributed by atoms with Gasteiger partial charge in [0.15, 0.2) is 0 Å². The van der Waals surface area contributed by atoms with E-state index in [-0.39, 0.29) is 11.3 Å². The predicted octanol–water partition coefficient (Wildman–Crippen LogP) is 8.36. The second kappa shape index (κ2) is 11.2. The van der Waals surface area contributed by atoms with Crippen molar-refractivity contribution in [1.29, 1.82) is 5.26 Å². The minimum Gasteiger partial charge on any atom is -0.325 e. The zero-order chi connectivity index (χ0) is 26.6. The van der Waals surface area contributed by atoms with Crippen LogP contribution >= 0.6 is 23.4 Å². The van der Waals surface area contributed by atoms with E-state index < -0.39 is 5.25 Å². The number of amides is 1. The molecule has 1 amide bonds. The summed E-state index contributed by atoms with van der Waals surface area (Å²) in [4.78, 5) is 17.8. The number of hydrogen-bond donors (Lipinski definition) is 1. The lowest BCUT2D eigenvalue weighted by molar-refractivity contribution is -0.115. The number of halogens is 1. The lowest BCUT2D eigenvalue weighted by Crippen LogP contribution is -2.22. The first-order valence-electron chi connectivity index (χ1n) is 12.0. The number of hydrogen-bond acceptors (Lipinski definition) is 4. The summed E-state index contributed by atoms with van der Waals surface area (Å²) in [6.07, 6.45) is 0. The molecule has 1 aromatic heterocycles. The highest BCUT2D eigenvalue weighted by Crippen LogP contribution is 2.36. The molecule has 0 aliphatic carbocycles. The van der Waals surface area contributed by atoms with Crippen LogP contribution in [0.2, 0.25) is 5.02 Å². The van der Waals surface area contributed by atoms with Gasteiger partial charge in [-0.1, -0.05) is 105 Å². The maximum atomic E-state index is 13.0. The normalized spacial score (nSPS) is 12.0. The van der Waals surface area contributed by atoms with Gasteiger partial charge in [0.2, 0.25) is 5.91 Å². The number of nitriles is 1. The van der Waals surface area contributed by atoms with E-state index in [2.05, 4.69) is 56.4 Å². The van der Waals surface area contributed by atoms with Crippen molar-refractivity contribution in [3.63, 3.8) is 0 Å². The zero-order valence-corrected chi connectivity index (χ0v) is 22.8. The van der Waals surface area contributed by atoms with Gasteiger partial charge in [0.25, 0.3) is 0 Å². The largest absolute Gasteiger partial charge is 0.325 e. The SMILES string of the molecule is C[C@@H](Sc1nc(-c2ccccc2)cc(-c2ccc(C(C)(C)C)cc2)c1C#N)C(=O)Nc1cccc(Cl)c1. The molecule has 1 atom stereocenters. The highest BCUT2D eigenvalue weighted by atomic mass is 35.5. The topological polar surface area (TPSA) is 65.8 Å². The third-order valence-corrected chi connectivity index (χ3v) is 7.30. The fourth-order valence-corrected chi connectivity index (χ4v) is 5.00. The quantitative estimate of drug-likeness (QED) is 0.257. The van der Waals surface area contributed by atoms with E-state index in [1.54, 1.807) is 31.2 Å². The van der Waals surface area contributed by atoms with E-state index in [0.29, 0.717) is 21.3 Å². The first kappa shape index (κ1) is 26.5. The van der Waals surface area contributed by atoms with Crippen molar-refractivity contribution in [1.82, 2.24) is 4.98 Å². The Kier molecular flexibility index (Phi) is 8.02. The van der Waals surface area contributed by atoms with Gasteiger partial charge in [-0.15, -0.1) is 0 Å². The molecule has 4 rings (SSSR count). The van der Waals surface area contributed by atoms with Gasteiger partial charge >= 0.3 is 0 Å². The summed E-state index contributed by atoms with van der Waals surface area (Å²) in [5.74, 6) is -0.195. The van der Waals surface area contributed by atoms with Crippen molar-refractivity contribution in [3.8, 4) is 28.5 Å². The third-order valence-electron chi connectivity index (χ3n) is 5.98. The Morgan fingerprint density at radius 3 is 2.30 bits per heavy atom. The number of carbonyl (C=O) groups is 1. The molecule has 37 heavy (non-hydrogen) atoms. The molecule has 3 aromatic carbocycles. The van der Waals surface area contributed by atoms with Crippen molar-refractivity contribution < 1.29 is 4.79 Å². The highest BCUT2D eigenvalue weighted by molar-refractivity contribution is 8.00. The molecule has 0 bridgehead atoms. The summed E-state index contributed by atoms with van der Waals surface area (Å²) in [5, 5.41) is 13.7. The molecule has 0 aliphatic heterocycles. The van der Waals surface area contributed by atoms with E-state index >= 15 is 0 Å². The predicted molar refractivity (Wildman–Crippen MR) is 154 cm³/mol. The van der Waals surface area contributed by atoms with E-state index in [9.17, 15) is 10.1 Å². The fraction of sp³-hybridized carbons (Fsp3) is 0.194. The van der Waals surface area contributed by atoms with E-state index in [4.69, 9.17) is 16.6 Å². The number of nitrogens with zero attached hydrogens (tertiary/aromatic N) is 2. The lowest BCUT2D eigenvalue weighted by Gasteiger charge is -2.20. The Morgan fingerprint density at radius 1 is 0.973 bits per heavy atom. The molecule has 6 heteroatoms. The fourth-order valence-electron chi connectivity index (χ4n) is 3.88. The van der Waals surface area contributed by atoms with E-state index in [1.165, 1.54) is 17.3 Å². The number of carbonyl (C=O) groups excluding carboxylic acids is 1. The molecule has 0 aliphatic rings. The Balaban J connectivity index is 1.74. The highest BCUT2D eigenvalue weighted by Gasteiger charge is 2.22. The second-order valence-corrected chi connectivity index (χ2v) is 11.6. The monoisotopic (exact) mass is 525 g/mol. The molecule has 0 fully saturated rings. The van der Waals surface area contributed by atoms with E-state index in [1.807, 2.05) is 36.4 Å². The van der Waals surface area contributed by atoms with Gasteiger partial charge < -0.3 is 5.32 Å². The van der Waals surface area contributed by atoms with Crippen LogP contribution in [-0.2, 0) is 10.2 Å². The number of anilines is 1. The summed E-state index contributed by atoms with van der Waals surface area (Å²) in [6.45, 7) is 8.33. The Bertz CT molecular complexity index is 1460. The molecular weight excluding hydrogens is 498 g/mol. The van der Waals surface area contributed by atoms with Gasteiger partial charge in [-0.2, -0.15) is 5.26 Å². The molecule has 4 aromatic rings. The molecular formula is C31H28ClN3OS. The van der Waals surface area contributed by atoms with Gasteiger partial charge in [0.05, 0.1) is 16.5 Å². The molecule has 4 nitrogen and oxygen atoms in total. The standard InChI is InChI=1S/C31H28ClN3OS/c1-20(29(36)34-25-12-8-11-24(32)17-25)37-30-27(19-33)26(18-28(35-30)22-9-6-5-7-10-22)21-13-15-23(16-14-21)31(2,3)4/h5-18,20H,1-4H3,(H,34,36)/t20-/m1/s1. The zero-order valence-electron chi connectivity index (χ0n) is 21.2. The number of rotatable bonds is 6. The molecule has 0 radical (unpaired) electrons. The average Bonchev–Trinajstić information content (AvgIpc) is 2.88. The summed E-state index contributed by atoms with van der Waals surface area (Å²) >= 11 is 7.33. The van der Waals surface area contributed by atoms with Gasteiger partial charge in [-0.25, -0.2) is 4.98 Å². The second-order valence-electron chi connectivity index (χ2n) is 9.80. The third kappa shape index (κ3) is 6.40. The molecule has 186 valence electrons. The molecule has 0 spiro atoms. The van der Waals surface area contributed by atoms with Crippen LogP contribution < -0.4 is 5.32 Å². The van der Waals surface area contributed by atoms with Crippen molar-refractivity contribution in [3.05, 3.63) is 101 Å². The van der Waals surface area contributed by atoms with Gasteiger partial charge in [-0.3, -0.25) is 4.79 Å². The van der Waals surface area contributed by atoms with Crippen molar-refractivity contribution in [2.75, 3.05) is 5.32 Å². The molecule has 1 N–H and O–H groups in total. The first-order chi connectivity index (χ1) is 17.7. The Morgan fingerprint density at radius 2 is 1.68 bits per heavy atom. The molecule has 0 saturated carbocycles. The summed E-state index contributed by atoms with van der Waals surface area (Å²) in [7, 11) is 0. The van der Waals surface area contributed by atoms with Crippen molar-refractivity contribution in [2.45, 2.75) is 43.4 Å². The van der Waals surface area contributed by atoms with Crippen LogP contribution in [0.25, 0.3) is 22.4 Å². The van der Waals surface area contributed by atoms with Crippen LogP contribution in [0, 0.1) is 11.3 Å². The molecule has 0 saturated heterocycles. The molecule has 1 heterocycles. The number of benzene rings is 3. The van der Waals surface area contributed by atoms with Crippen LogP contribution in [0.1, 0.15) is 38.8 Å². The molecule has 0 unspecified atom stereocenters. The smallest absolute Gasteiger partial charge is 0.237 e. The number of thioether (sulfide) groups is 1. The average molecular weight is 526 g/mol. The maximum Gasteiger partial charge on any atom is 0.237 e. The van der Waals surface area contributed by atoms with E-state index in [0.717, 1.165) is 22.4 Å². The van der Waals surface area contributed by atoms with Crippen molar-refractivity contribution in [2.24, 2.45) is 0 Å². The number of nitrogens with one attached hydrogen (secondary N) is 1. The summed E-state index contributed by atoms with van der Waals surface area (Å²) in [5.41, 5.74) is 5.73. The Labute approximate surface area is 227 Å². The van der Waals surface area contributed by atoms with Crippen LogP contribution in [0.15, 0.2) is 90.0 Å². The number of aromatic nitrogens is 1. The maximum absolute atomic E-state index is 13.0. The lowest BCUT2D eigenvalue weighted by atomic mass is 9.86. The van der Waals surface area contributed by atoms with Crippen LogP contribution in [0.4, 0.5) is 5.69 Å². The van der Waals surface area contributed by atoms with Gasteiger partial charge in [0, 0.05) is 21.8 Å².